The predicted molar refractivity (Wildman–Crippen MR) is 119 cm³/mol. The summed E-state index contributed by atoms with van der Waals surface area (Å²) in [6.07, 6.45) is 12.2. The van der Waals surface area contributed by atoms with E-state index in [1.165, 1.54) is 0 Å². The van der Waals surface area contributed by atoms with Crippen molar-refractivity contribution in [3.05, 3.63) is 12.2 Å². The Bertz CT molecular complexity index is 697. The van der Waals surface area contributed by atoms with Gasteiger partial charge in [-0.15, -0.1) is 11.8 Å². The van der Waals surface area contributed by atoms with Crippen molar-refractivity contribution in [3.8, 4) is 11.8 Å². The van der Waals surface area contributed by atoms with Gasteiger partial charge in [-0.1, -0.05) is 19.1 Å². The van der Waals surface area contributed by atoms with E-state index in [0.29, 0.717) is 6.42 Å². The molecule has 0 aromatic carbocycles. The van der Waals surface area contributed by atoms with Gasteiger partial charge in [-0.3, -0.25) is 4.79 Å². The van der Waals surface area contributed by atoms with E-state index in [2.05, 4.69) is 30.9 Å². The van der Waals surface area contributed by atoms with Gasteiger partial charge in [0.2, 0.25) is 0 Å². The molecule has 178 valence electrons. The van der Waals surface area contributed by atoms with Crippen LogP contribution in [-0.2, 0) is 28.5 Å². The smallest absolute Gasteiger partial charge is 0.306 e. The standard InChI is InChI=1S/C26H38O6/c1-3-4-9-18(2)21(31-25-10-5-7-14-28-25)13-12-19-20-16-24(27)30-23(20)17-22(19)32-26-11-6-8-15-29-26/h12-13,18-23,25-26H,5-11,14-17H2,1-2H3/b13-12+/t18-,19+,20+,21+,22+,23-,25-,26?/m0/s1. The average Bonchev–Trinajstić information content (AvgIpc) is 3.31. The Morgan fingerprint density at radius 2 is 1.88 bits per heavy atom. The second kappa shape index (κ2) is 11.7. The van der Waals surface area contributed by atoms with Crippen LogP contribution in [0.5, 0.6) is 0 Å². The number of carbonyl (C=O) groups is 1. The minimum atomic E-state index is -0.161. The van der Waals surface area contributed by atoms with E-state index in [9.17, 15) is 4.79 Å². The zero-order valence-electron chi connectivity index (χ0n) is 19.5. The SMILES string of the molecule is CC#CC[C@H](C)[C@@H](/C=C/[C@@H]1[C@H]2CC(=O)O[C@H]2C[C@H]1OC1CCCCO1)O[C@H]1CCCCO1. The molecular formula is C26H38O6. The van der Waals surface area contributed by atoms with Crippen molar-refractivity contribution in [2.45, 2.75) is 103 Å². The van der Waals surface area contributed by atoms with E-state index in [0.717, 1.165) is 64.6 Å². The summed E-state index contributed by atoms with van der Waals surface area (Å²) in [6.45, 7) is 5.56. The summed E-state index contributed by atoms with van der Waals surface area (Å²) in [4.78, 5) is 12.0. The molecule has 1 saturated carbocycles. The van der Waals surface area contributed by atoms with Crippen molar-refractivity contribution < 1.29 is 28.5 Å². The van der Waals surface area contributed by atoms with Crippen LogP contribution in [0.2, 0.25) is 0 Å². The van der Waals surface area contributed by atoms with Gasteiger partial charge in [-0.05, 0) is 51.4 Å². The Labute approximate surface area is 192 Å². The molecule has 0 aromatic rings. The molecule has 8 atom stereocenters. The van der Waals surface area contributed by atoms with Crippen LogP contribution in [0.15, 0.2) is 12.2 Å². The summed E-state index contributed by atoms with van der Waals surface area (Å²) >= 11 is 0. The monoisotopic (exact) mass is 446 g/mol. The molecule has 0 amide bonds. The van der Waals surface area contributed by atoms with Crippen LogP contribution in [-0.4, -0.2) is 50.1 Å². The summed E-state index contributed by atoms with van der Waals surface area (Å²) < 4.78 is 30.1. The van der Waals surface area contributed by atoms with Crippen molar-refractivity contribution >= 4 is 5.97 Å². The molecule has 1 aliphatic carbocycles. The van der Waals surface area contributed by atoms with Crippen LogP contribution in [0, 0.1) is 29.6 Å². The lowest BCUT2D eigenvalue weighted by Crippen LogP contribution is -2.32. The summed E-state index contributed by atoms with van der Waals surface area (Å²) in [5.41, 5.74) is 0. The fraction of sp³-hybridized carbons (Fsp3) is 0.808. The highest BCUT2D eigenvalue weighted by molar-refractivity contribution is 5.72. The van der Waals surface area contributed by atoms with Crippen molar-refractivity contribution in [1.29, 1.82) is 0 Å². The van der Waals surface area contributed by atoms with Gasteiger partial charge in [0.05, 0.1) is 18.6 Å². The zero-order valence-corrected chi connectivity index (χ0v) is 19.5. The topological polar surface area (TPSA) is 63.2 Å². The van der Waals surface area contributed by atoms with Gasteiger partial charge < -0.3 is 23.7 Å². The minimum Gasteiger partial charge on any atom is -0.462 e. The third kappa shape index (κ3) is 6.14. The van der Waals surface area contributed by atoms with E-state index in [4.69, 9.17) is 23.7 Å². The molecule has 4 rings (SSSR count). The fourth-order valence-corrected chi connectivity index (χ4v) is 5.30. The Hall–Kier alpha value is -1.39. The van der Waals surface area contributed by atoms with Crippen molar-refractivity contribution in [2.75, 3.05) is 13.2 Å². The van der Waals surface area contributed by atoms with Crippen LogP contribution < -0.4 is 0 Å². The van der Waals surface area contributed by atoms with Gasteiger partial charge in [-0.25, -0.2) is 0 Å². The van der Waals surface area contributed by atoms with Gasteiger partial charge in [-0.2, -0.15) is 0 Å². The van der Waals surface area contributed by atoms with E-state index in [-0.39, 0.29) is 54.6 Å². The molecule has 6 heteroatoms. The van der Waals surface area contributed by atoms with Gasteiger partial charge in [0, 0.05) is 37.9 Å². The van der Waals surface area contributed by atoms with Crippen LogP contribution in [0.25, 0.3) is 0 Å². The summed E-state index contributed by atoms with van der Waals surface area (Å²) in [5.74, 6) is 6.59. The second-order valence-electron chi connectivity index (χ2n) is 9.57. The quantitative estimate of drug-likeness (QED) is 0.313. The molecule has 3 heterocycles. The molecule has 4 aliphatic rings. The van der Waals surface area contributed by atoms with Gasteiger partial charge in [0.25, 0.3) is 0 Å². The number of fused-ring (bicyclic) bond motifs is 1. The molecular weight excluding hydrogens is 408 g/mol. The number of ether oxygens (including phenoxy) is 5. The van der Waals surface area contributed by atoms with Crippen LogP contribution in [0.1, 0.15) is 71.6 Å². The molecule has 3 aliphatic heterocycles. The first-order valence-electron chi connectivity index (χ1n) is 12.5. The van der Waals surface area contributed by atoms with E-state index >= 15 is 0 Å². The highest BCUT2D eigenvalue weighted by atomic mass is 16.7. The second-order valence-corrected chi connectivity index (χ2v) is 9.57. The number of hydrogen-bond donors (Lipinski definition) is 0. The molecule has 0 bridgehead atoms. The Balaban J connectivity index is 1.46. The van der Waals surface area contributed by atoms with Gasteiger partial charge in [0.1, 0.15) is 6.10 Å². The number of hydrogen-bond acceptors (Lipinski definition) is 6. The molecule has 32 heavy (non-hydrogen) atoms. The first-order chi connectivity index (χ1) is 15.6. The van der Waals surface area contributed by atoms with Gasteiger partial charge >= 0.3 is 5.97 Å². The minimum absolute atomic E-state index is 0.00484. The Morgan fingerprint density at radius 1 is 1.12 bits per heavy atom. The van der Waals surface area contributed by atoms with Crippen molar-refractivity contribution in [3.63, 3.8) is 0 Å². The lowest BCUT2D eigenvalue weighted by molar-refractivity contribution is -0.194. The normalized spacial score (nSPS) is 36.9. The largest absolute Gasteiger partial charge is 0.462 e. The maximum atomic E-state index is 12.0. The molecule has 4 fully saturated rings. The number of carbonyl (C=O) groups excluding carboxylic acids is 1. The van der Waals surface area contributed by atoms with Crippen LogP contribution in [0.4, 0.5) is 0 Å². The maximum Gasteiger partial charge on any atom is 0.306 e. The Kier molecular flexibility index (Phi) is 8.65. The molecule has 0 spiro atoms. The first kappa shape index (κ1) is 23.8. The lowest BCUT2D eigenvalue weighted by Gasteiger charge is -2.30. The number of esters is 1. The zero-order chi connectivity index (χ0) is 22.3. The van der Waals surface area contributed by atoms with Gasteiger partial charge in [0.15, 0.2) is 12.6 Å². The molecule has 3 saturated heterocycles. The van der Waals surface area contributed by atoms with Crippen LogP contribution in [0.3, 0.4) is 0 Å². The summed E-state index contributed by atoms with van der Waals surface area (Å²) in [5, 5.41) is 0. The fourth-order valence-electron chi connectivity index (χ4n) is 5.30. The van der Waals surface area contributed by atoms with E-state index in [1.54, 1.807) is 0 Å². The Morgan fingerprint density at radius 3 is 2.56 bits per heavy atom. The molecule has 0 radical (unpaired) electrons. The maximum absolute atomic E-state index is 12.0. The number of rotatable bonds is 8. The van der Waals surface area contributed by atoms with Crippen molar-refractivity contribution in [2.24, 2.45) is 17.8 Å². The summed E-state index contributed by atoms with van der Waals surface area (Å²) in [7, 11) is 0. The van der Waals surface area contributed by atoms with E-state index in [1.807, 2.05) is 6.92 Å². The third-order valence-corrected chi connectivity index (χ3v) is 7.15. The van der Waals surface area contributed by atoms with Crippen LogP contribution >= 0.6 is 0 Å². The lowest BCUT2D eigenvalue weighted by atomic mass is 9.90. The first-order valence-corrected chi connectivity index (χ1v) is 12.5. The average molecular weight is 447 g/mol. The molecule has 0 N–H and O–H groups in total. The summed E-state index contributed by atoms with van der Waals surface area (Å²) in [6, 6.07) is 0. The highest BCUT2D eigenvalue weighted by Gasteiger charge is 2.50. The highest BCUT2D eigenvalue weighted by Crippen LogP contribution is 2.44. The predicted octanol–water partition coefficient (Wildman–Crippen LogP) is 4.37. The molecule has 1 unspecified atom stereocenters. The molecule has 0 aromatic heterocycles. The van der Waals surface area contributed by atoms with Crippen molar-refractivity contribution in [1.82, 2.24) is 0 Å². The molecule has 6 nitrogen and oxygen atoms in total. The van der Waals surface area contributed by atoms with E-state index < -0.39 is 0 Å². The third-order valence-electron chi connectivity index (χ3n) is 7.15.